The maximum atomic E-state index is 13.7. The Labute approximate surface area is 118 Å². The largest absolute Gasteiger partial charge is 0.387 e. The molecule has 0 aliphatic rings. The number of aliphatic hydroxyl groups is 1. The van der Waals surface area contributed by atoms with Crippen LogP contribution < -0.4 is 0 Å². The molecule has 0 fully saturated rings. The summed E-state index contributed by atoms with van der Waals surface area (Å²) >= 11 is 4.67. The number of aliphatic hydroxyl groups excluding tert-OH is 1. The normalized spacial score (nSPS) is 12.7. The molecular formula is C13H13BrFNOS. The molecule has 0 radical (unpaired) electrons. The Morgan fingerprint density at radius 1 is 1.44 bits per heavy atom. The zero-order valence-corrected chi connectivity index (χ0v) is 12.5. The summed E-state index contributed by atoms with van der Waals surface area (Å²) in [6.45, 7) is 3.76. The molecule has 0 bridgehead atoms. The Morgan fingerprint density at radius 3 is 2.72 bits per heavy atom. The molecule has 2 aromatic rings. The van der Waals surface area contributed by atoms with Crippen molar-refractivity contribution in [3.05, 3.63) is 49.6 Å². The lowest BCUT2D eigenvalue weighted by atomic mass is 10.1. The van der Waals surface area contributed by atoms with Crippen molar-refractivity contribution in [1.29, 1.82) is 0 Å². The second-order valence-corrected chi connectivity index (χ2v) is 6.29. The van der Waals surface area contributed by atoms with Crippen LogP contribution >= 0.6 is 27.3 Å². The third kappa shape index (κ3) is 2.96. The Kier molecular flexibility index (Phi) is 4.14. The van der Waals surface area contributed by atoms with Crippen LogP contribution in [0.25, 0.3) is 0 Å². The van der Waals surface area contributed by atoms with Crippen LogP contribution in [0.3, 0.4) is 0 Å². The molecule has 0 aliphatic heterocycles. The van der Waals surface area contributed by atoms with Crippen molar-refractivity contribution in [3.63, 3.8) is 0 Å². The minimum absolute atomic E-state index is 0.265. The second-order valence-electron chi connectivity index (χ2n) is 4.14. The summed E-state index contributed by atoms with van der Waals surface area (Å²) in [5.41, 5.74) is 1.33. The smallest absolute Gasteiger partial charge is 0.127 e. The first kappa shape index (κ1) is 13.6. The van der Waals surface area contributed by atoms with E-state index in [0.29, 0.717) is 10.0 Å². The van der Waals surface area contributed by atoms with Crippen molar-refractivity contribution in [2.24, 2.45) is 0 Å². The zero-order chi connectivity index (χ0) is 13.3. The van der Waals surface area contributed by atoms with E-state index in [9.17, 15) is 9.50 Å². The Morgan fingerprint density at radius 2 is 2.17 bits per heavy atom. The number of thiazole rings is 1. The molecule has 1 unspecified atom stereocenters. The van der Waals surface area contributed by atoms with Crippen LogP contribution in [0.15, 0.2) is 22.7 Å². The van der Waals surface area contributed by atoms with E-state index in [1.54, 1.807) is 12.1 Å². The number of hydrogen-bond acceptors (Lipinski definition) is 3. The molecule has 2 nitrogen and oxygen atoms in total. The highest BCUT2D eigenvalue weighted by molar-refractivity contribution is 9.10. The number of aryl methyl sites for hydroxylation is 2. The number of halogens is 2. The molecule has 1 atom stereocenters. The SMILES string of the molecule is Cc1nc(C)c(C(O)Cc2ccc(Br)cc2F)s1. The quantitative estimate of drug-likeness (QED) is 0.925. The minimum Gasteiger partial charge on any atom is -0.387 e. The highest BCUT2D eigenvalue weighted by Gasteiger charge is 2.17. The molecular weight excluding hydrogens is 317 g/mol. The fourth-order valence-corrected chi connectivity index (χ4v) is 3.09. The van der Waals surface area contributed by atoms with E-state index in [2.05, 4.69) is 20.9 Å². The molecule has 0 aliphatic carbocycles. The molecule has 0 saturated heterocycles. The molecule has 0 spiro atoms. The lowest BCUT2D eigenvalue weighted by Gasteiger charge is -2.10. The summed E-state index contributed by atoms with van der Waals surface area (Å²) in [6.07, 6.45) is -0.437. The number of nitrogens with zero attached hydrogens (tertiary/aromatic N) is 1. The lowest BCUT2D eigenvalue weighted by molar-refractivity contribution is 0.180. The van der Waals surface area contributed by atoms with E-state index >= 15 is 0 Å². The van der Waals surface area contributed by atoms with Crippen LogP contribution in [0, 0.1) is 19.7 Å². The van der Waals surface area contributed by atoms with Gasteiger partial charge in [0.05, 0.1) is 21.7 Å². The first-order chi connectivity index (χ1) is 8.47. The van der Waals surface area contributed by atoms with Gasteiger partial charge in [-0.15, -0.1) is 11.3 Å². The van der Waals surface area contributed by atoms with Crippen LogP contribution in [0.2, 0.25) is 0 Å². The maximum absolute atomic E-state index is 13.7. The van der Waals surface area contributed by atoms with Gasteiger partial charge < -0.3 is 5.11 Å². The summed E-state index contributed by atoms with van der Waals surface area (Å²) in [6, 6.07) is 4.87. The van der Waals surface area contributed by atoms with Crippen LogP contribution in [-0.4, -0.2) is 10.1 Å². The molecule has 1 N–H and O–H groups in total. The van der Waals surface area contributed by atoms with Gasteiger partial charge in [-0.25, -0.2) is 9.37 Å². The van der Waals surface area contributed by atoms with Crippen LogP contribution in [0.5, 0.6) is 0 Å². The summed E-state index contributed by atoms with van der Waals surface area (Å²) in [5.74, 6) is -0.303. The van der Waals surface area contributed by atoms with E-state index in [0.717, 1.165) is 15.6 Å². The van der Waals surface area contributed by atoms with Gasteiger partial charge in [0.1, 0.15) is 5.82 Å². The van der Waals surface area contributed by atoms with Gasteiger partial charge in [-0.3, -0.25) is 0 Å². The maximum Gasteiger partial charge on any atom is 0.127 e. The molecule has 1 aromatic carbocycles. The van der Waals surface area contributed by atoms with Crippen molar-refractivity contribution in [2.75, 3.05) is 0 Å². The molecule has 0 amide bonds. The molecule has 1 heterocycles. The third-order valence-electron chi connectivity index (χ3n) is 2.67. The molecule has 2 rings (SSSR count). The van der Waals surface area contributed by atoms with E-state index in [1.807, 2.05) is 13.8 Å². The predicted molar refractivity (Wildman–Crippen MR) is 74.4 cm³/mol. The van der Waals surface area contributed by atoms with Crippen molar-refractivity contribution in [1.82, 2.24) is 4.98 Å². The van der Waals surface area contributed by atoms with Gasteiger partial charge in [-0.05, 0) is 31.5 Å². The van der Waals surface area contributed by atoms with Gasteiger partial charge in [0.25, 0.3) is 0 Å². The Hall–Kier alpha value is -0.780. The topological polar surface area (TPSA) is 33.1 Å². The van der Waals surface area contributed by atoms with Gasteiger partial charge in [0.2, 0.25) is 0 Å². The molecule has 5 heteroatoms. The van der Waals surface area contributed by atoms with E-state index in [4.69, 9.17) is 0 Å². The summed E-state index contributed by atoms with van der Waals surface area (Å²) < 4.78 is 14.4. The van der Waals surface area contributed by atoms with E-state index in [-0.39, 0.29) is 12.2 Å². The van der Waals surface area contributed by atoms with E-state index in [1.165, 1.54) is 17.4 Å². The van der Waals surface area contributed by atoms with Gasteiger partial charge in [-0.2, -0.15) is 0 Å². The molecule has 96 valence electrons. The lowest BCUT2D eigenvalue weighted by Crippen LogP contribution is -2.03. The molecule has 0 saturated carbocycles. The zero-order valence-electron chi connectivity index (χ0n) is 10.1. The second kappa shape index (κ2) is 5.47. The van der Waals surface area contributed by atoms with Crippen molar-refractivity contribution < 1.29 is 9.50 Å². The first-order valence-electron chi connectivity index (χ1n) is 5.53. The van der Waals surface area contributed by atoms with Crippen LogP contribution in [0.1, 0.15) is 27.2 Å². The van der Waals surface area contributed by atoms with Gasteiger partial charge >= 0.3 is 0 Å². The summed E-state index contributed by atoms with van der Waals surface area (Å²) in [5, 5.41) is 11.1. The number of benzene rings is 1. The predicted octanol–water partition coefficient (Wildman–Crippen LogP) is 3.94. The van der Waals surface area contributed by atoms with Gasteiger partial charge in [0, 0.05) is 10.9 Å². The van der Waals surface area contributed by atoms with Crippen molar-refractivity contribution in [2.45, 2.75) is 26.4 Å². The fourth-order valence-electron chi connectivity index (χ4n) is 1.84. The Balaban J connectivity index is 2.21. The monoisotopic (exact) mass is 329 g/mol. The number of rotatable bonds is 3. The number of aromatic nitrogens is 1. The van der Waals surface area contributed by atoms with Gasteiger partial charge in [-0.1, -0.05) is 22.0 Å². The van der Waals surface area contributed by atoms with E-state index < -0.39 is 6.10 Å². The average Bonchev–Trinajstić information content (AvgIpc) is 2.62. The Bertz CT molecular complexity index is 570. The van der Waals surface area contributed by atoms with Crippen molar-refractivity contribution >= 4 is 27.3 Å². The highest BCUT2D eigenvalue weighted by Crippen LogP contribution is 2.28. The average molecular weight is 330 g/mol. The number of hydrogen-bond donors (Lipinski definition) is 1. The van der Waals surface area contributed by atoms with Gasteiger partial charge in [0.15, 0.2) is 0 Å². The third-order valence-corrected chi connectivity index (χ3v) is 4.34. The standard InChI is InChI=1S/C13H13BrFNOS/c1-7-13(18-8(2)16-7)12(17)5-9-3-4-10(14)6-11(9)15/h3-4,6,12,17H,5H2,1-2H3. The summed E-state index contributed by atoms with van der Waals surface area (Å²) in [7, 11) is 0. The van der Waals surface area contributed by atoms with Crippen LogP contribution in [0.4, 0.5) is 4.39 Å². The van der Waals surface area contributed by atoms with Crippen molar-refractivity contribution in [3.8, 4) is 0 Å². The van der Waals surface area contributed by atoms with Crippen LogP contribution in [-0.2, 0) is 6.42 Å². The minimum atomic E-state index is -0.702. The molecule has 18 heavy (non-hydrogen) atoms. The summed E-state index contributed by atoms with van der Waals surface area (Å²) in [4.78, 5) is 5.08. The highest BCUT2D eigenvalue weighted by atomic mass is 79.9. The molecule has 1 aromatic heterocycles. The first-order valence-corrected chi connectivity index (χ1v) is 7.14. The fraction of sp³-hybridized carbons (Fsp3) is 0.308.